The number of hydrogen-bond donors (Lipinski definition) is 0. The number of nitrogens with zero attached hydrogens (tertiary/aromatic N) is 5. The van der Waals surface area contributed by atoms with Crippen LogP contribution in [-0.4, -0.2) is 24.3 Å². The minimum absolute atomic E-state index is 0. The molecule has 0 bridgehead atoms. The molecule has 0 atom stereocenters. The van der Waals surface area contributed by atoms with Crippen molar-refractivity contribution in [3.8, 4) is 34.3 Å². The van der Waals surface area contributed by atoms with E-state index in [-0.39, 0.29) is 21.1 Å². The summed E-state index contributed by atoms with van der Waals surface area (Å²) in [7, 11) is 0. The maximum Gasteiger partial charge on any atom is 4.00 e. The van der Waals surface area contributed by atoms with Crippen molar-refractivity contribution >= 4 is 21.8 Å². The van der Waals surface area contributed by atoms with Gasteiger partial charge >= 0.3 is 21.1 Å². The van der Waals surface area contributed by atoms with Crippen LogP contribution in [0.3, 0.4) is 0 Å². The van der Waals surface area contributed by atoms with Crippen LogP contribution in [0.2, 0.25) is 0 Å². The van der Waals surface area contributed by atoms with E-state index in [2.05, 4.69) is 51.5 Å². The van der Waals surface area contributed by atoms with Gasteiger partial charge < -0.3 is 9.30 Å². The third kappa shape index (κ3) is 4.29. The molecule has 4 aromatic carbocycles. The summed E-state index contributed by atoms with van der Waals surface area (Å²) in [6, 6.07) is 36.7. The van der Waals surface area contributed by atoms with E-state index in [1.54, 1.807) is 23.1 Å². The summed E-state index contributed by atoms with van der Waals surface area (Å²) in [6.45, 7) is 0. The molecule has 182 valence electrons. The van der Waals surface area contributed by atoms with Gasteiger partial charge in [-0.25, -0.2) is 9.97 Å². The van der Waals surface area contributed by atoms with E-state index in [4.69, 9.17) is 4.74 Å². The van der Waals surface area contributed by atoms with Crippen LogP contribution in [0.15, 0.2) is 116 Å². The van der Waals surface area contributed by atoms with E-state index >= 15 is 0 Å². The first-order valence-corrected chi connectivity index (χ1v) is 11.9. The topological polar surface area (TPSA) is 57.8 Å². The van der Waals surface area contributed by atoms with Crippen LogP contribution in [-0.2, 0) is 21.1 Å². The molecule has 7 rings (SSSR count). The molecular formula is C31H19N5OPt+2. The van der Waals surface area contributed by atoms with E-state index in [0.717, 1.165) is 38.6 Å². The van der Waals surface area contributed by atoms with Gasteiger partial charge in [0.1, 0.15) is 0 Å². The van der Waals surface area contributed by atoms with Crippen LogP contribution in [0, 0.1) is 12.1 Å². The van der Waals surface area contributed by atoms with Crippen LogP contribution < -0.4 is 4.74 Å². The van der Waals surface area contributed by atoms with E-state index in [1.165, 1.54) is 0 Å². The Labute approximate surface area is 233 Å². The van der Waals surface area contributed by atoms with Gasteiger partial charge in [-0.05, 0) is 28.8 Å². The summed E-state index contributed by atoms with van der Waals surface area (Å²) >= 11 is 0. The van der Waals surface area contributed by atoms with Crippen molar-refractivity contribution < 1.29 is 25.8 Å². The first-order chi connectivity index (χ1) is 18.3. The van der Waals surface area contributed by atoms with Crippen molar-refractivity contribution in [2.75, 3.05) is 0 Å². The second-order valence-corrected chi connectivity index (χ2v) is 8.53. The Balaban J connectivity index is 0.00000264. The van der Waals surface area contributed by atoms with Gasteiger partial charge in [0, 0.05) is 41.2 Å². The smallest absolute Gasteiger partial charge is 0.509 e. The van der Waals surface area contributed by atoms with Crippen LogP contribution in [0.4, 0.5) is 0 Å². The van der Waals surface area contributed by atoms with Gasteiger partial charge in [0.05, 0.1) is 6.20 Å². The maximum absolute atomic E-state index is 6.22. The third-order valence-electron chi connectivity index (χ3n) is 6.22. The minimum Gasteiger partial charge on any atom is -0.509 e. The molecule has 6 nitrogen and oxygen atoms in total. The summed E-state index contributed by atoms with van der Waals surface area (Å²) in [4.78, 5) is 8.96. The molecule has 0 unspecified atom stereocenters. The van der Waals surface area contributed by atoms with Crippen molar-refractivity contribution in [3.05, 3.63) is 128 Å². The van der Waals surface area contributed by atoms with Gasteiger partial charge in [-0.15, -0.1) is 35.7 Å². The molecular weight excluding hydrogens is 653 g/mol. The Morgan fingerprint density at radius 1 is 0.658 bits per heavy atom. The summed E-state index contributed by atoms with van der Waals surface area (Å²) in [5, 5.41) is 6.69. The molecule has 0 fully saturated rings. The number of rotatable bonds is 5. The van der Waals surface area contributed by atoms with Crippen molar-refractivity contribution in [1.29, 1.82) is 0 Å². The number of benzene rings is 4. The van der Waals surface area contributed by atoms with Gasteiger partial charge in [0.25, 0.3) is 0 Å². The molecule has 0 aliphatic rings. The monoisotopic (exact) mass is 672 g/mol. The average molecular weight is 673 g/mol. The number of aromatic nitrogens is 5. The quantitative estimate of drug-likeness (QED) is 0.189. The Hall–Kier alpha value is -4.54. The second kappa shape index (κ2) is 10.1. The van der Waals surface area contributed by atoms with Gasteiger partial charge in [-0.1, -0.05) is 54.0 Å². The second-order valence-electron chi connectivity index (χ2n) is 8.53. The van der Waals surface area contributed by atoms with Crippen molar-refractivity contribution in [2.24, 2.45) is 0 Å². The Morgan fingerprint density at radius 2 is 1.45 bits per heavy atom. The Morgan fingerprint density at radius 3 is 2.32 bits per heavy atom. The van der Waals surface area contributed by atoms with Crippen LogP contribution in [0.25, 0.3) is 44.6 Å². The number of para-hydroxylation sites is 1. The Bertz CT molecular complexity index is 1860. The Kier molecular flexibility index (Phi) is 6.32. The molecule has 7 aromatic rings. The predicted molar refractivity (Wildman–Crippen MR) is 143 cm³/mol. The van der Waals surface area contributed by atoms with Gasteiger partial charge in [0.2, 0.25) is 5.95 Å². The maximum atomic E-state index is 6.22. The van der Waals surface area contributed by atoms with E-state index in [1.807, 2.05) is 77.6 Å². The molecule has 0 amide bonds. The summed E-state index contributed by atoms with van der Waals surface area (Å²) in [5.41, 5.74) is 4.80. The minimum atomic E-state index is 0. The molecule has 0 saturated heterocycles. The molecule has 3 heterocycles. The fourth-order valence-corrected chi connectivity index (χ4v) is 4.53. The first-order valence-electron chi connectivity index (χ1n) is 11.9. The first kappa shape index (κ1) is 23.8. The van der Waals surface area contributed by atoms with Gasteiger partial charge in [-0.3, -0.25) is 4.68 Å². The average Bonchev–Trinajstić information content (AvgIpc) is 3.58. The van der Waals surface area contributed by atoms with Crippen molar-refractivity contribution in [1.82, 2.24) is 24.3 Å². The molecule has 0 spiro atoms. The van der Waals surface area contributed by atoms with Crippen LogP contribution in [0.5, 0.6) is 11.5 Å². The zero-order valence-electron chi connectivity index (χ0n) is 19.9. The molecule has 0 saturated carbocycles. The summed E-state index contributed by atoms with van der Waals surface area (Å²) in [5.74, 6) is 1.73. The summed E-state index contributed by atoms with van der Waals surface area (Å²) < 4.78 is 10.0. The zero-order valence-corrected chi connectivity index (χ0v) is 22.2. The van der Waals surface area contributed by atoms with E-state index in [9.17, 15) is 0 Å². The normalized spacial score (nSPS) is 10.9. The molecule has 0 aliphatic carbocycles. The van der Waals surface area contributed by atoms with E-state index in [0.29, 0.717) is 17.4 Å². The fraction of sp³-hybridized carbons (Fsp3) is 0. The SMILES string of the molecule is [Pt+4].[c-]1c(Oc2[c-]c3c(cc2)c2ccccc2n3-c2ncccn2)cccc1-n1cc(-c2ccccc2)cn1. The largest absolute Gasteiger partial charge is 4.00 e. The molecule has 3 aromatic heterocycles. The van der Waals surface area contributed by atoms with Gasteiger partial charge in [-0.2, -0.15) is 17.2 Å². The van der Waals surface area contributed by atoms with Crippen molar-refractivity contribution in [2.45, 2.75) is 0 Å². The predicted octanol–water partition coefficient (Wildman–Crippen LogP) is 6.82. The van der Waals surface area contributed by atoms with E-state index < -0.39 is 0 Å². The number of ether oxygens (including phenoxy) is 1. The van der Waals surface area contributed by atoms with Crippen LogP contribution >= 0.6 is 0 Å². The van der Waals surface area contributed by atoms with Crippen LogP contribution in [0.1, 0.15) is 0 Å². The standard InChI is InChI=1S/C31H19N5O.Pt/c1-2-8-22(9-3-1)23-20-34-35(21-23)24-10-6-11-25(18-24)37-26-14-15-28-27-12-4-5-13-29(27)36(30(28)19-26)31-32-16-7-17-33-31;/h1-17,20-21H;/q-2;+4. The third-order valence-corrected chi connectivity index (χ3v) is 6.22. The zero-order chi connectivity index (χ0) is 24.6. The molecule has 7 heteroatoms. The van der Waals surface area contributed by atoms with Gasteiger partial charge in [0.15, 0.2) is 0 Å². The number of fused-ring (bicyclic) bond motifs is 3. The fourth-order valence-electron chi connectivity index (χ4n) is 4.53. The number of hydrogen-bond acceptors (Lipinski definition) is 4. The molecule has 38 heavy (non-hydrogen) atoms. The molecule has 0 N–H and O–H groups in total. The molecule has 0 radical (unpaired) electrons. The summed E-state index contributed by atoms with van der Waals surface area (Å²) in [6.07, 6.45) is 7.31. The van der Waals surface area contributed by atoms with Crippen molar-refractivity contribution in [3.63, 3.8) is 0 Å². The molecule has 0 aliphatic heterocycles.